The molecule has 0 saturated heterocycles. The van der Waals surface area contributed by atoms with E-state index >= 15 is 0 Å². The number of rotatable bonds is 3. The van der Waals surface area contributed by atoms with E-state index in [1.54, 1.807) is 11.9 Å². The lowest BCUT2D eigenvalue weighted by Crippen LogP contribution is -2.28. The fourth-order valence-corrected chi connectivity index (χ4v) is 2.43. The molecule has 0 aliphatic carbocycles. The van der Waals surface area contributed by atoms with Crippen molar-refractivity contribution in [1.29, 1.82) is 0 Å². The van der Waals surface area contributed by atoms with Crippen LogP contribution in [0.2, 0.25) is 0 Å². The molecule has 94 valence electrons. The highest BCUT2D eigenvalue weighted by Crippen LogP contribution is 2.21. The second-order valence-electron chi connectivity index (χ2n) is 4.12. The highest BCUT2D eigenvalue weighted by Gasteiger charge is 2.11. The zero-order valence-corrected chi connectivity index (χ0v) is 12.3. The van der Waals surface area contributed by atoms with E-state index < -0.39 is 0 Å². The number of nitrogens with zero attached hydrogens (tertiary/aromatic N) is 1. The number of fused-ring (bicyclic) bond motifs is 1. The molecule has 0 saturated carbocycles. The Morgan fingerprint density at radius 2 is 1.89 bits per heavy atom. The normalized spacial score (nSPS) is 10.6. The molecule has 0 unspecified atom stereocenters. The molecule has 0 aliphatic heterocycles. The number of carbonyl (C=O) groups is 1. The first-order valence-electron chi connectivity index (χ1n) is 5.62. The maximum absolute atomic E-state index is 12.1. The van der Waals surface area contributed by atoms with Gasteiger partial charge in [-0.05, 0) is 35.0 Å². The van der Waals surface area contributed by atoms with Crippen LogP contribution in [0.3, 0.4) is 0 Å². The molecule has 2 rings (SSSR count). The van der Waals surface area contributed by atoms with Gasteiger partial charge >= 0.3 is 0 Å². The molecule has 0 fully saturated rings. The van der Waals surface area contributed by atoms with Gasteiger partial charge in [-0.25, -0.2) is 0 Å². The average Bonchev–Trinajstić information content (AvgIpc) is 2.37. The minimum absolute atomic E-state index is 0.000434. The first kappa shape index (κ1) is 13.4. The van der Waals surface area contributed by atoms with Gasteiger partial charge in [0.1, 0.15) is 0 Å². The smallest absolute Gasteiger partial charge is 0.253 e. The highest BCUT2D eigenvalue weighted by atomic mass is 79.9. The van der Waals surface area contributed by atoms with E-state index in [1.807, 2.05) is 36.4 Å². The molecule has 0 heterocycles. The van der Waals surface area contributed by atoms with Crippen LogP contribution in [-0.2, 0) is 0 Å². The van der Waals surface area contributed by atoms with E-state index in [2.05, 4.69) is 15.9 Å². The van der Waals surface area contributed by atoms with Crippen molar-refractivity contribution in [1.82, 2.24) is 4.90 Å². The zero-order valence-electron chi connectivity index (χ0n) is 9.99. The molecule has 0 atom stereocenters. The summed E-state index contributed by atoms with van der Waals surface area (Å²) in [6.07, 6.45) is 0. The highest BCUT2D eigenvalue weighted by molar-refractivity contribution is 9.10. The third-order valence-corrected chi connectivity index (χ3v) is 3.48. The maximum Gasteiger partial charge on any atom is 0.253 e. The number of halogens is 2. The summed E-state index contributed by atoms with van der Waals surface area (Å²) < 4.78 is 1.04. The Balaban J connectivity index is 2.35. The standard InChI is InChI=1S/C14H13BrClNO/c1-17(7-6-16)14(18)12-3-2-11-9-13(15)5-4-10(11)8-12/h2-5,8-9H,6-7H2,1H3. The Bertz CT molecular complexity index is 585. The van der Waals surface area contributed by atoms with Gasteiger partial charge in [0.25, 0.3) is 5.91 Å². The Kier molecular flexibility index (Phi) is 4.25. The number of alkyl halides is 1. The van der Waals surface area contributed by atoms with Gasteiger partial charge < -0.3 is 4.90 Å². The summed E-state index contributed by atoms with van der Waals surface area (Å²) in [5, 5.41) is 2.17. The van der Waals surface area contributed by atoms with Crippen molar-refractivity contribution in [2.45, 2.75) is 0 Å². The average molecular weight is 327 g/mol. The zero-order chi connectivity index (χ0) is 13.1. The lowest BCUT2D eigenvalue weighted by atomic mass is 10.1. The van der Waals surface area contributed by atoms with Crippen molar-refractivity contribution in [2.75, 3.05) is 19.5 Å². The van der Waals surface area contributed by atoms with Gasteiger partial charge in [0.15, 0.2) is 0 Å². The largest absolute Gasteiger partial charge is 0.341 e. The molecule has 18 heavy (non-hydrogen) atoms. The van der Waals surface area contributed by atoms with Gasteiger partial charge in [0.05, 0.1) is 0 Å². The number of benzene rings is 2. The van der Waals surface area contributed by atoms with Crippen molar-refractivity contribution >= 4 is 44.2 Å². The monoisotopic (exact) mass is 325 g/mol. The van der Waals surface area contributed by atoms with E-state index in [0.29, 0.717) is 18.0 Å². The number of hydrogen-bond donors (Lipinski definition) is 0. The summed E-state index contributed by atoms with van der Waals surface area (Å²) in [7, 11) is 1.76. The van der Waals surface area contributed by atoms with Crippen LogP contribution in [0.5, 0.6) is 0 Å². The lowest BCUT2D eigenvalue weighted by molar-refractivity contribution is 0.0803. The van der Waals surface area contributed by atoms with Crippen molar-refractivity contribution in [3.8, 4) is 0 Å². The van der Waals surface area contributed by atoms with Gasteiger partial charge in [0.2, 0.25) is 0 Å². The summed E-state index contributed by atoms with van der Waals surface area (Å²) >= 11 is 9.08. The summed E-state index contributed by atoms with van der Waals surface area (Å²) in [5.41, 5.74) is 0.692. The predicted molar refractivity (Wildman–Crippen MR) is 79.3 cm³/mol. The van der Waals surface area contributed by atoms with Crippen LogP contribution in [0.25, 0.3) is 10.8 Å². The van der Waals surface area contributed by atoms with Crippen LogP contribution in [0.15, 0.2) is 40.9 Å². The van der Waals surface area contributed by atoms with E-state index in [9.17, 15) is 4.79 Å². The Labute approximate surface area is 120 Å². The van der Waals surface area contributed by atoms with E-state index in [1.165, 1.54) is 0 Å². The van der Waals surface area contributed by atoms with Crippen LogP contribution in [0.1, 0.15) is 10.4 Å². The Morgan fingerprint density at radius 3 is 2.61 bits per heavy atom. The topological polar surface area (TPSA) is 20.3 Å². The van der Waals surface area contributed by atoms with Crippen LogP contribution in [-0.4, -0.2) is 30.3 Å². The molecule has 1 amide bonds. The van der Waals surface area contributed by atoms with Crippen molar-refractivity contribution in [3.05, 3.63) is 46.4 Å². The second kappa shape index (κ2) is 5.72. The predicted octanol–water partition coefficient (Wildman–Crippen LogP) is 3.91. The first-order chi connectivity index (χ1) is 8.61. The van der Waals surface area contributed by atoms with Gasteiger partial charge in [-0.15, -0.1) is 11.6 Å². The molecule has 0 aromatic heterocycles. The fraction of sp³-hybridized carbons (Fsp3) is 0.214. The number of hydrogen-bond acceptors (Lipinski definition) is 1. The molecule has 0 radical (unpaired) electrons. The van der Waals surface area contributed by atoms with Crippen LogP contribution in [0.4, 0.5) is 0 Å². The second-order valence-corrected chi connectivity index (χ2v) is 5.42. The third-order valence-electron chi connectivity index (χ3n) is 2.82. The summed E-state index contributed by atoms with van der Waals surface area (Å²) in [6.45, 7) is 0.554. The molecule has 0 N–H and O–H groups in total. The third kappa shape index (κ3) is 2.85. The number of amides is 1. The summed E-state index contributed by atoms with van der Waals surface area (Å²) in [5.74, 6) is 0.448. The first-order valence-corrected chi connectivity index (χ1v) is 6.95. The maximum atomic E-state index is 12.1. The molecule has 2 nitrogen and oxygen atoms in total. The van der Waals surface area contributed by atoms with Gasteiger partial charge in [-0.1, -0.05) is 28.1 Å². The van der Waals surface area contributed by atoms with E-state index in [-0.39, 0.29) is 5.91 Å². The molecule has 4 heteroatoms. The van der Waals surface area contributed by atoms with Crippen molar-refractivity contribution < 1.29 is 4.79 Å². The molecule has 0 aliphatic rings. The molecule has 0 bridgehead atoms. The molecular weight excluding hydrogens is 314 g/mol. The Hall–Kier alpha value is -1.06. The molecule has 2 aromatic rings. The SMILES string of the molecule is CN(CCCl)C(=O)c1ccc2cc(Br)ccc2c1. The quantitative estimate of drug-likeness (QED) is 0.783. The molecule has 2 aromatic carbocycles. The molecule has 0 spiro atoms. The van der Waals surface area contributed by atoms with E-state index in [4.69, 9.17) is 11.6 Å². The van der Waals surface area contributed by atoms with Crippen LogP contribution in [0, 0.1) is 0 Å². The minimum atomic E-state index is 0.000434. The van der Waals surface area contributed by atoms with Gasteiger partial charge in [-0.3, -0.25) is 4.79 Å². The van der Waals surface area contributed by atoms with Gasteiger partial charge in [-0.2, -0.15) is 0 Å². The van der Waals surface area contributed by atoms with Gasteiger partial charge in [0, 0.05) is 29.5 Å². The van der Waals surface area contributed by atoms with E-state index in [0.717, 1.165) is 15.2 Å². The Morgan fingerprint density at radius 1 is 1.22 bits per heavy atom. The number of carbonyl (C=O) groups excluding carboxylic acids is 1. The van der Waals surface area contributed by atoms with Crippen molar-refractivity contribution in [2.24, 2.45) is 0 Å². The van der Waals surface area contributed by atoms with Crippen LogP contribution >= 0.6 is 27.5 Å². The minimum Gasteiger partial charge on any atom is -0.341 e. The summed E-state index contributed by atoms with van der Waals surface area (Å²) in [6, 6.07) is 11.7. The van der Waals surface area contributed by atoms with Crippen molar-refractivity contribution in [3.63, 3.8) is 0 Å². The molecular formula is C14H13BrClNO. The lowest BCUT2D eigenvalue weighted by Gasteiger charge is -2.15. The van der Waals surface area contributed by atoms with Crippen LogP contribution < -0.4 is 0 Å². The fourth-order valence-electron chi connectivity index (χ4n) is 1.80. The summed E-state index contributed by atoms with van der Waals surface area (Å²) in [4.78, 5) is 13.7.